The molecular weight excluding hydrogens is 707 g/mol. The van der Waals surface area contributed by atoms with Crippen molar-refractivity contribution in [2.45, 2.75) is 15.2 Å². The minimum absolute atomic E-state index is 0.524. The highest BCUT2D eigenvalue weighted by molar-refractivity contribution is 7.99. The van der Waals surface area contributed by atoms with Gasteiger partial charge in [0.15, 0.2) is 0 Å². The summed E-state index contributed by atoms with van der Waals surface area (Å²) in [5.74, 6) is 0. The summed E-state index contributed by atoms with van der Waals surface area (Å²) in [6.45, 7) is 0. The lowest BCUT2D eigenvalue weighted by molar-refractivity contribution is 0.707. The van der Waals surface area contributed by atoms with Gasteiger partial charge in [0.05, 0.1) is 5.41 Å². The topological polar surface area (TPSA) is 3.24 Å². The number of nitrogens with zero attached hydrogens (tertiary/aromatic N) is 1. The van der Waals surface area contributed by atoms with Gasteiger partial charge in [0.2, 0.25) is 0 Å². The van der Waals surface area contributed by atoms with Crippen molar-refractivity contribution in [2.24, 2.45) is 0 Å². The van der Waals surface area contributed by atoms with Crippen molar-refractivity contribution in [1.29, 1.82) is 0 Å². The molecule has 0 saturated heterocycles. The minimum atomic E-state index is -0.524. The van der Waals surface area contributed by atoms with Gasteiger partial charge in [-0.25, -0.2) is 0 Å². The average molecular weight is 742 g/mol. The summed E-state index contributed by atoms with van der Waals surface area (Å²) in [5, 5.41) is 7.50. The van der Waals surface area contributed by atoms with Gasteiger partial charge in [-0.1, -0.05) is 169 Å². The fourth-order valence-electron chi connectivity index (χ4n) is 9.76. The molecule has 1 aliphatic heterocycles. The molecule has 2 heteroatoms. The van der Waals surface area contributed by atoms with Gasteiger partial charge in [0, 0.05) is 26.9 Å². The molecule has 0 saturated carbocycles. The Morgan fingerprint density at radius 2 is 0.860 bits per heavy atom. The van der Waals surface area contributed by atoms with Crippen LogP contribution in [0.25, 0.3) is 54.6 Å². The second-order valence-electron chi connectivity index (χ2n) is 15.3. The molecule has 266 valence electrons. The zero-order valence-corrected chi connectivity index (χ0v) is 31.9. The minimum Gasteiger partial charge on any atom is -0.310 e. The third kappa shape index (κ3) is 4.84. The Morgan fingerprint density at radius 1 is 0.316 bits per heavy atom. The van der Waals surface area contributed by atoms with E-state index in [0.29, 0.717) is 0 Å². The van der Waals surface area contributed by atoms with Crippen LogP contribution in [0.4, 0.5) is 17.1 Å². The Labute approximate surface area is 336 Å². The summed E-state index contributed by atoms with van der Waals surface area (Å²) in [6.07, 6.45) is 0. The molecule has 2 aliphatic rings. The third-order valence-corrected chi connectivity index (χ3v) is 13.4. The summed E-state index contributed by atoms with van der Waals surface area (Å²) in [6, 6.07) is 79.1. The Balaban J connectivity index is 1.14. The van der Waals surface area contributed by atoms with Crippen molar-refractivity contribution >= 4 is 61.1 Å². The summed E-state index contributed by atoms with van der Waals surface area (Å²) in [7, 11) is 0. The lowest BCUT2D eigenvalue weighted by Gasteiger charge is -2.46. The van der Waals surface area contributed by atoms with Gasteiger partial charge in [-0.05, 0) is 131 Å². The van der Waals surface area contributed by atoms with Crippen molar-refractivity contribution in [3.63, 3.8) is 0 Å². The van der Waals surface area contributed by atoms with Crippen LogP contribution < -0.4 is 4.90 Å². The molecule has 1 aliphatic carbocycles. The van der Waals surface area contributed by atoms with Crippen LogP contribution in [0, 0.1) is 0 Å². The third-order valence-electron chi connectivity index (χ3n) is 12.2. The van der Waals surface area contributed by atoms with Gasteiger partial charge >= 0.3 is 0 Å². The molecule has 1 nitrogen and oxygen atoms in total. The molecule has 12 rings (SSSR count). The summed E-state index contributed by atoms with van der Waals surface area (Å²) in [4.78, 5) is 5.07. The molecule has 10 aromatic rings. The lowest BCUT2D eigenvalue weighted by atomic mass is 9.59. The summed E-state index contributed by atoms with van der Waals surface area (Å²) in [5.41, 5.74) is 13.2. The van der Waals surface area contributed by atoms with E-state index in [1.165, 1.54) is 86.6 Å². The van der Waals surface area contributed by atoms with Gasteiger partial charge < -0.3 is 4.90 Å². The summed E-state index contributed by atoms with van der Waals surface area (Å²) >= 11 is 1.89. The van der Waals surface area contributed by atoms with E-state index in [4.69, 9.17) is 0 Å². The first kappa shape index (κ1) is 32.4. The van der Waals surface area contributed by atoms with Crippen LogP contribution in [-0.2, 0) is 5.41 Å². The van der Waals surface area contributed by atoms with Gasteiger partial charge in [-0.15, -0.1) is 0 Å². The van der Waals surface area contributed by atoms with E-state index in [0.717, 1.165) is 17.1 Å². The fraction of sp³-hybridized carbons (Fsp3) is 0.0182. The van der Waals surface area contributed by atoms with Crippen LogP contribution in [-0.4, -0.2) is 0 Å². The van der Waals surface area contributed by atoms with Crippen LogP contribution in [0.1, 0.15) is 22.3 Å². The Bertz CT molecular complexity index is 3180. The first-order chi connectivity index (χ1) is 28.2. The van der Waals surface area contributed by atoms with Crippen LogP contribution in [0.2, 0.25) is 0 Å². The molecule has 0 amide bonds. The summed E-state index contributed by atoms with van der Waals surface area (Å²) < 4.78 is 0. The number of hydrogen-bond donors (Lipinski definition) is 0. The van der Waals surface area contributed by atoms with E-state index in [1.807, 2.05) is 11.8 Å². The van der Waals surface area contributed by atoms with Gasteiger partial charge in [-0.2, -0.15) is 0 Å². The molecular formula is C55H35NS. The SMILES string of the molecule is c1ccc(-c2ccc3cc(N(c4ccc5c(c4)C4(c6ccccc6Sc6ccccc64)c4cccc6cccc-5c46)c4ccc5ccccc5c4)ccc3c2)cc1. The highest BCUT2D eigenvalue weighted by Gasteiger charge is 2.48. The van der Waals surface area contributed by atoms with Crippen molar-refractivity contribution in [3.8, 4) is 22.3 Å². The van der Waals surface area contributed by atoms with Crippen molar-refractivity contribution in [3.05, 3.63) is 235 Å². The molecule has 57 heavy (non-hydrogen) atoms. The van der Waals surface area contributed by atoms with E-state index in [-0.39, 0.29) is 0 Å². The molecule has 0 N–H and O–H groups in total. The van der Waals surface area contributed by atoms with Crippen molar-refractivity contribution < 1.29 is 0 Å². The average Bonchev–Trinajstić information content (AvgIpc) is 3.28. The number of rotatable bonds is 4. The monoisotopic (exact) mass is 741 g/mol. The predicted octanol–water partition coefficient (Wildman–Crippen LogP) is 15.1. The maximum Gasteiger partial charge on any atom is 0.0736 e. The highest BCUT2D eigenvalue weighted by Crippen LogP contribution is 2.61. The lowest BCUT2D eigenvalue weighted by Crippen LogP contribution is -2.36. The number of hydrogen-bond acceptors (Lipinski definition) is 2. The number of benzene rings is 10. The molecule has 0 radical (unpaired) electrons. The quantitative estimate of drug-likeness (QED) is 0.177. The Hall–Kier alpha value is -6.87. The second-order valence-corrected chi connectivity index (χ2v) is 16.3. The van der Waals surface area contributed by atoms with E-state index in [1.54, 1.807) is 0 Å². The zero-order valence-electron chi connectivity index (χ0n) is 31.1. The zero-order chi connectivity index (χ0) is 37.5. The molecule has 0 fully saturated rings. The Kier molecular flexibility index (Phi) is 7.14. The van der Waals surface area contributed by atoms with Crippen LogP contribution >= 0.6 is 11.8 Å². The van der Waals surface area contributed by atoms with E-state index >= 15 is 0 Å². The molecule has 1 heterocycles. The number of fused-ring (bicyclic) bond motifs is 10. The molecule has 0 bridgehead atoms. The molecule has 10 aromatic carbocycles. The second kappa shape index (κ2) is 12.6. The predicted molar refractivity (Wildman–Crippen MR) is 241 cm³/mol. The van der Waals surface area contributed by atoms with E-state index in [9.17, 15) is 0 Å². The van der Waals surface area contributed by atoms with E-state index in [2.05, 4.69) is 217 Å². The first-order valence-corrected chi connectivity index (χ1v) is 20.5. The van der Waals surface area contributed by atoms with Gasteiger partial charge in [0.1, 0.15) is 0 Å². The maximum absolute atomic E-state index is 2.51. The largest absolute Gasteiger partial charge is 0.310 e. The fourth-order valence-corrected chi connectivity index (χ4v) is 11.0. The van der Waals surface area contributed by atoms with Crippen LogP contribution in [0.5, 0.6) is 0 Å². The number of anilines is 3. The van der Waals surface area contributed by atoms with Crippen LogP contribution in [0.3, 0.4) is 0 Å². The maximum atomic E-state index is 2.51. The standard InChI is InChI=1S/C55H35NS/c1-2-12-36(13-3-1)40-24-25-42-34-44(29-27-41(42)32-40)56(43-28-26-37-14-4-5-15-39(37)33-43)45-30-31-46-47-18-10-16-38-17-11-21-50(54(38)47)55(51(46)35-45)48-19-6-8-22-52(48)57-53-23-9-7-20-49(53)55/h1-35H. The molecule has 0 atom stereocenters. The van der Waals surface area contributed by atoms with Gasteiger partial charge in [0.25, 0.3) is 0 Å². The van der Waals surface area contributed by atoms with E-state index < -0.39 is 5.41 Å². The molecule has 0 unspecified atom stereocenters. The normalized spacial score (nSPS) is 13.3. The Morgan fingerprint density at radius 3 is 1.63 bits per heavy atom. The van der Waals surface area contributed by atoms with Crippen molar-refractivity contribution in [1.82, 2.24) is 0 Å². The first-order valence-electron chi connectivity index (χ1n) is 19.7. The van der Waals surface area contributed by atoms with Crippen LogP contribution in [0.15, 0.2) is 222 Å². The molecule has 1 spiro atoms. The highest BCUT2D eigenvalue weighted by atomic mass is 32.2. The van der Waals surface area contributed by atoms with Gasteiger partial charge in [-0.3, -0.25) is 0 Å². The smallest absolute Gasteiger partial charge is 0.0736 e. The van der Waals surface area contributed by atoms with Crippen molar-refractivity contribution in [2.75, 3.05) is 4.90 Å². The molecule has 0 aromatic heterocycles.